The van der Waals surface area contributed by atoms with Crippen LogP contribution in [0.1, 0.15) is 59.9 Å². The molecular weight excluding hydrogens is 401 g/mol. The van der Waals surface area contributed by atoms with Gasteiger partial charge in [0, 0.05) is 38.3 Å². The van der Waals surface area contributed by atoms with E-state index >= 15 is 0 Å². The van der Waals surface area contributed by atoms with Gasteiger partial charge in [0.2, 0.25) is 0 Å². The molecule has 0 radical (unpaired) electrons. The van der Waals surface area contributed by atoms with Crippen molar-refractivity contribution in [3.8, 4) is 0 Å². The van der Waals surface area contributed by atoms with Gasteiger partial charge in [-0.05, 0) is 34.1 Å². The van der Waals surface area contributed by atoms with Gasteiger partial charge in [0.15, 0.2) is 11.7 Å². The molecule has 0 fully saturated rings. The van der Waals surface area contributed by atoms with E-state index < -0.39 is 24.2 Å². The third-order valence-corrected chi connectivity index (χ3v) is 5.35. The Balaban J connectivity index is 2.00. The van der Waals surface area contributed by atoms with Crippen molar-refractivity contribution in [3.63, 3.8) is 0 Å². The number of alkyl halides is 3. The Labute approximate surface area is 172 Å². The topological polar surface area (TPSA) is 76.3 Å². The highest BCUT2D eigenvalue weighted by Gasteiger charge is 2.48. The van der Waals surface area contributed by atoms with E-state index in [-0.39, 0.29) is 29.5 Å². The van der Waals surface area contributed by atoms with Crippen molar-refractivity contribution in [2.24, 2.45) is 7.05 Å². The lowest BCUT2D eigenvalue weighted by Crippen LogP contribution is -2.48. The fraction of sp³-hybridized carbons (Fsp3) is 0.579. The van der Waals surface area contributed by atoms with Crippen molar-refractivity contribution in [2.75, 3.05) is 18.0 Å². The van der Waals surface area contributed by atoms with Crippen molar-refractivity contribution < 1.29 is 22.8 Å². The predicted molar refractivity (Wildman–Crippen MR) is 103 cm³/mol. The van der Waals surface area contributed by atoms with Crippen LogP contribution in [0.25, 0.3) is 0 Å². The summed E-state index contributed by atoms with van der Waals surface area (Å²) in [5.74, 6) is -0.756. The van der Waals surface area contributed by atoms with Crippen molar-refractivity contribution in [1.29, 1.82) is 0 Å². The molecule has 8 nitrogen and oxygen atoms in total. The van der Waals surface area contributed by atoms with Gasteiger partial charge in [-0.25, -0.2) is 4.68 Å². The highest BCUT2D eigenvalue weighted by molar-refractivity contribution is 6.06. The van der Waals surface area contributed by atoms with Crippen molar-refractivity contribution in [2.45, 2.75) is 52.4 Å². The van der Waals surface area contributed by atoms with Crippen molar-refractivity contribution >= 4 is 17.6 Å². The molecule has 1 aliphatic heterocycles. The van der Waals surface area contributed by atoms with Crippen LogP contribution in [0.15, 0.2) is 12.1 Å². The van der Waals surface area contributed by atoms with Crippen LogP contribution in [-0.2, 0) is 7.05 Å². The zero-order valence-corrected chi connectivity index (χ0v) is 17.6. The average Bonchev–Trinajstić information content (AvgIpc) is 3.23. The predicted octanol–water partition coefficient (Wildman–Crippen LogP) is 2.95. The second kappa shape index (κ2) is 7.77. The van der Waals surface area contributed by atoms with E-state index in [1.165, 1.54) is 28.8 Å². The number of rotatable bonds is 4. The van der Waals surface area contributed by atoms with Gasteiger partial charge in [-0.2, -0.15) is 23.4 Å². The van der Waals surface area contributed by atoms with Crippen LogP contribution >= 0.6 is 0 Å². The van der Waals surface area contributed by atoms with Gasteiger partial charge in [0.1, 0.15) is 11.5 Å². The van der Waals surface area contributed by atoms with Crippen LogP contribution in [0.5, 0.6) is 0 Å². The number of aryl methyl sites for hydroxylation is 2. The zero-order chi connectivity index (χ0) is 22.4. The summed E-state index contributed by atoms with van der Waals surface area (Å²) in [5, 5.41) is 8.14. The zero-order valence-electron chi connectivity index (χ0n) is 17.6. The number of halogens is 3. The molecule has 3 heterocycles. The molecule has 3 rings (SSSR count). The van der Waals surface area contributed by atoms with E-state index in [1.807, 2.05) is 13.8 Å². The molecule has 0 spiro atoms. The molecule has 0 bridgehead atoms. The molecule has 0 aromatic carbocycles. The number of hydrogen-bond donors (Lipinski definition) is 0. The van der Waals surface area contributed by atoms with E-state index in [4.69, 9.17) is 0 Å². The molecule has 2 aromatic heterocycles. The largest absolute Gasteiger partial charge is 0.410 e. The highest BCUT2D eigenvalue weighted by atomic mass is 19.4. The lowest BCUT2D eigenvalue weighted by Gasteiger charge is -2.38. The van der Waals surface area contributed by atoms with E-state index in [1.54, 1.807) is 18.7 Å². The van der Waals surface area contributed by atoms with Crippen LogP contribution in [0.4, 0.5) is 19.0 Å². The summed E-state index contributed by atoms with van der Waals surface area (Å²) >= 11 is 0. The Morgan fingerprint density at radius 2 is 1.83 bits per heavy atom. The van der Waals surface area contributed by atoms with E-state index in [0.29, 0.717) is 18.8 Å². The molecular formula is C19H25F3N6O2. The molecule has 2 aromatic rings. The number of fused-ring (bicyclic) bond motifs is 1. The molecule has 0 saturated heterocycles. The number of anilines is 1. The molecule has 1 aliphatic rings. The van der Waals surface area contributed by atoms with Crippen LogP contribution in [0, 0.1) is 6.92 Å². The maximum Gasteiger partial charge on any atom is 0.410 e. The second-order valence-electron chi connectivity index (χ2n) is 7.42. The number of nitrogens with zero attached hydrogens (tertiary/aromatic N) is 6. The number of carbonyl (C=O) groups is 2. The average molecular weight is 426 g/mol. The van der Waals surface area contributed by atoms with E-state index in [0.717, 1.165) is 4.68 Å². The summed E-state index contributed by atoms with van der Waals surface area (Å²) in [4.78, 5) is 28.8. The maximum atomic E-state index is 13.5. The van der Waals surface area contributed by atoms with Gasteiger partial charge >= 0.3 is 6.18 Å². The van der Waals surface area contributed by atoms with Gasteiger partial charge in [0.25, 0.3) is 11.8 Å². The minimum Gasteiger partial charge on any atom is -0.338 e. The standard InChI is InChI=1S/C19H25F3N6O2/c1-6-26(7-2)17(29)13-10-14(25(5)24-13)18(30)27-12(4)9-15(19(20,21)22)28-16(27)8-11(3)23-28/h8,10,12,15H,6-7,9H2,1-5H3/t12-,15+/m0/s1. The van der Waals surface area contributed by atoms with Gasteiger partial charge in [-0.1, -0.05) is 0 Å². The number of aromatic nitrogens is 4. The molecule has 164 valence electrons. The molecule has 2 amide bonds. The second-order valence-corrected chi connectivity index (χ2v) is 7.42. The molecule has 30 heavy (non-hydrogen) atoms. The molecule has 0 saturated carbocycles. The lowest BCUT2D eigenvalue weighted by atomic mass is 10.0. The molecule has 11 heteroatoms. The minimum atomic E-state index is -4.48. The van der Waals surface area contributed by atoms with Crippen LogP contribution in [0.2, 0.25) is 0 Å². The van der Waals surface area contributed by atoms with Gasteiger partial charge < -0.3 is 4.90 Å². The Morgan fingerprint density at radius 1 is 1.20 bits per heavy atom. The fourth-order valence-electron chi connectivity index (χ4n) is 3.81. The summed E-state index contributed by atoms with van der Waals surface area (Å²) < 4.78 is 42.8. The van der Waals surface area contributed by atoms with Gasteiger partial charge in [0.05, 0.1) is 5.69 Å². The van der Waals surface area contributed by atoms with Gasteiger partial charge in [-0.3, -0.25) is 19.2 Å². The summed E-state index contributed by atoms with van der Waals surface area (Å²) in [5.41, 5.74) is 0.619. The Bertz CT molecular complexity index is 960. The van der Waals surface area contributed by atoms with Crippen LogP contribution < -0.4 is 4.90 Å². The van der Waals surface area contributed by atoms with E-state index in [2.05, 4.69) is 10.2 Å². The normalized spacial score (nSPS) is 19.0. The van der Waals surface area contributed by atoms with Crippen LogP contribution in [0.3, 0.4) is 0 Å². The smallest absolute Gasteiger partial charge is 0.338 e. The monoisotopic (exact) mass is 426 g/mol. The first kappa shape index (κ1) is 21.8. The number of hydrogen-bond acceptors (Lipinski definition) is 4. The molecule has 0 unspecified atom stereocenters. The summed E-state index contributed by atoms with van der Waals surface area (Å²) in [7, 11) is 1.53. The summed E-state index contributed by atoms with van der Waals surface area (Å²) in [6.07, 6.45) is -4.79. The molecule has 2 atom stereocenters. The first-order valence-corrected chi connectivity index (χ1v) is 9.79. The number of amides is 2. The third-order valence-electron chi connectivity index (χ3n) is 5.35. The fourth-order valence-corrected chi connectivity index (χ4v) is 3.81. The highest BCUT2D eigenvalue weighted by Crippen LogP contribution is 2.42. The van der Waals surface area contributed by atoms with E-state index in [9.17, 15) is 22.8 Å². The first-order chi connectivity index (χ1) is 14.0. The third kappa shape index (κ3) is 3.68. The minimum absolute atomic E-state index is 0.0800. The van der Waals surface area contributed by atoms with Crippen molar-refractivity contribution in [3.05, 3.63) is 29.2 Å². The lowest BCUT2D eigenvalue weighted by molar-refractivity contribution is -0.174. The quantitative estimate of drug-likeness (QED) is 0.753. The van der Waals surface area contributed by atoms with Crippen molar-refractivity contribution in [1.82, 2.24) is 24.5 Å². The first-order valence-electron chi connectivity index (χ1n) is 9.79. The Hall–Kier alpha value is -2.85. The number of carbonyl (C=O) groups excluding carboxylic acids is 2. The van der Waals surface area contributed by atoms with Crippen LogP contribution in [-0.4, -0.2) is 61.6 Å². The Kier molecular flexibility index (Phi) is 5.66. The summed E-state index contributed by atoms with van der Waals surface area (Å²) in [6, 6.07) is 0.333. The maximum absolute atomic E-state index is 13.5. The molecule has 0 N–H and O–H groups in total. The van der Waals surface area contributed by atoms with Gasteiger partial charge in [-0.15, -0.1) is 0 Å². The SMILES string of the molecule is CCN(CC)C(=O)c1cc(C(=O)N2c3cc(C)nn3[C@@H](C(F)(F)F)C[C@@H]2C)n(C)n1. The Morgan fingerprint density at radius 3 is 2.40 bits per heavy atom. The molecule has 0 aliphatic carbocycles. The summed E-state index contributed by atoms with van der Waals surface area (Å²) in [6.45, 7) is 7.82.